The van der Waals surface area contributed by atoms with Gasteiger partial charge >= 0.3 is 0 Å². The Morgan fingerprint density at radius 2 is 2.10 bits per heavy atom. The van der Waals surface area contributed by atoms with E-state index in [0.717, 1.165) is 47.1 Å². The van der Waals surface area contributed by atoms with Gasteiger partial charge in [0.2, 0.25) is 5.95 Å². The number of methoxy groups -OCH3 is 1. The molecule has 0 saturated carbocycles. The normalized spacial score (nSPS) is 15.7. The van der Waals surface area contributed by atoms with Crippen LogP contribution in [0, 0.1) is 0 Å². The largest absolute Gasteiger partial charge is 0.496 e. The van der Waals surface area contributed by atoms with Crippen molar-refractivity contribution < 1.29 is 9.47 Å². The number of benzene rings is 1. The lowest BCUT2D eigenvalue weighted by Gasteiger charge is -2.20. The van der Waals surface area contributed by atoms with Gasteiger partial charge in [-0.15, -0.1) is 0 Å². The van der Waals surface area contributed by atoms with Gasteiger partial charge in [-0.25, -0.2) is 4.68 Å². The van der Waals surface area contributed by atoms with E-state index in [0.29, 0.717) is 6.61 Å². The summed E-state index contributed by atoms with van der Waals surface area (Å²) >= 11 is 1.74. The molecule has 0 saturated heterocycles. The highest BCUT2D eigenvalue weighted by Crippen LogP contribution is 2.47. The Morgan fingerprint density at radius 3 is 2.93 bits per heavy atom. The summed E-state index contributed by atoms with van der Waals surface area (Å²) in [7, 11) is 1.68. The zero-order valence-electron chi connectivity index (χ0n) is 17.2. The van der Waals surface area contributed by atoms with Crippen LogP contribution in [0.5, 0.6) is 11.5 Å². The fourth-order valence-electron chi connectivity index (χ4n) is 3.87. The van der Waals surface area contributed by atoms with Crippen LogP contribution in [0.2, 0.25) is 0 Å². The van der Waals surface area contributed by atoms with Crippen molar-refractivity contribution in [3.05, 3.63) is 53.5 Å². The van der Waals surface area contributed by atoms with Crippen molar-refractivity contribution in [1.82, 2.24) is 19.7 Å². The quantitative estimate of drug-likeness (QED) is 0.571. The Morgan fingerprint density at radius 1 is 1.20 bits per heavy atom. The summed E-state index contributed by atoms with van der Waals surface area (Å²) in [5.74, 6) is 2.61. The molecule has 3 aromatic rings. The fourth-order valence-corrected chi connectivity index (χ4v) is 5.00. The van der Waals surface area contributed by atoms with E-state index in [1.54, 1.807) is 31.6 Å². The number of anilines is 1. The summed E-state index contributed by atoms with van der Waals surface area (Å²) in [4.78, 5) is 10.1. The van der Waals surface area contributed by atoms with E-state index in [-0.39, 0.29) is 6.04 Å². The van der Waals surface area contributed by atoms with E-state index < -0.39 is 0 Å². The maximum Gasteiger partial charge on any atom is 0.234 e. The molecule has 0 aliphatic carbocycles. The number of nitrogens with zero attached hydrogens (tertiary/aromatic N) is 5. The Balaban J connectivity index is 1.54. The molecule has 4 heterocycles. The van der Waals surface area contributed by atoms with Gasteiger partial charge in [-0.1, -0.05) is 6.07 Å². The average Bonchev–Trinajstić information content (AvgIpc) is 3.38. The third-order valence-corrected chi connectivity index (χ3v) is 6.51. The molecular weight excluding hydrogens is 398 g/mol. The van der Waals surface area contributed by atoms with Crippen LogP contribution >= 0.6 is 11.9 Å². The van der Waals surface area contributed by atoms with Crippen LogP contribution in [0.1, 0.15) is 31.9 Å². The molecule has 5 rings (SSSR count). The number of hydrogen-bond acceptors (Lipinski definition) is 7. The standard InChI is InChI=1S/C22H23N5O2S/c1-14(2)27-22(24-13-25-27)26-12-18-16-10-15(17-11-23-8-6-19(17)28-3)4-5-20(16)29-9-7-21(18)30-26/h4-6,8,10-11,13-14H,7,9,12H2,1-3H3. The summed E-state index contributed by atoms with van der Waals surface area (Å²) in [5, 5.41) is 4.40. The van der Waals surface area contributed by atoms with Crippen LogP contribution in [0.15, 0.2) is 47.9 Å². The SMILES string of the molecule is COc1ccncc1-c1ccc2c(c1)C1=C(CCO2)SN(c2ncnn2C(C)C)C1. The highest BCUT2D eigenvalue weighted by molar-refractivity contribution is 8.04. The lowest BCUT2D eigenvalue weighted by Crippen LogP contribution is -2.19. The molecule has 0 atom stereocenters. The first-order valence-corrected chi connectivity index (χ1v) is 10.8. The van der Waals surface area contributed by atoms with Crippen molar-refractivity contribution in [2.45, 2.75) is 26.3 Å². The minimum Gasteiger partial charge on any atom is -0.496 e. The summed E-state index contributed by atoms with van der Waals surface area (Å²) < 4.78 is 15.8. The topological polar surface area (TPSA) is 65.3 Å². The van der Waals surface area contributed by atoms with Gasteiger partial charge in [-0.2, -0.15) is 10.1 Å². The molecule has 154 valence electrons. The molecule has 0 unspecified atom stereocenters. The van der Waals surface area contributed by atoms with Crippen LogP contribution in [-0.2, 0) is 0 Å². The Bertz CT molecular complexity index is 1120. The lowest BCUT2D eigenvalue weighted by atomic mass is 9.98. The molecule has 0 N–H and O–H groups in total. The highest BCUT2D eigenvalue weighted by Gasteiger charge is 2.31. The molecule has 0 radical (unpaired) electrons. The minimum atomic E-state index is 0.253. The van der Waals surface area contributed by atoms with Crippen molar-refractivity contribution in [1.29, 1.82) is 0 Å². The Labute approximate surface area is 179 Å². The van der Waals surface area contributed by atoms with Gasteiger partial charge in [0.05, 0.1) is 26.3 Å². The van der Waals surface area contributed by atoms with Crippen LogP contribution in [-0.4, -0.2) is 40.0 Å². The van der Waals surface area contributed by atoms with Gasteiger partial charge in [0, 0.05) is 34.8 Å². The molecule has 7 nitrogen and oxygen atoms in total. The third-order valence-electron chi connectivity index (χ3n) is 5.33. The average molecular weight is 422 g/mol. The number of pyridine rings is 1. The summed E-state index contributed by atoms with van der Waals surface area (Å²) in [6.07, 6.45) is 6.09. The monoisotopic (exact) mass is 421 g/mol. The molecule has 2 aromatic heterocycles. The maximum atomic E-state index is 6.07. The molecule has 0 amide bonds. The fraction of sp³-hybridized carbons (Fsp3) is 0.318. The maximum absolute atomic E-state index is 6.07. The first-order chi connectivity index (χ1) is 14.7. The van der Waals surface area contributed by atoms with E-state index in [4.69, 9.17) is 9.47 Å². The van der Waals surface area contributed by atoms with Crippen LogP contribution in [0.3, 0.4) is 0 Å². The lowest BCUT2D eigenvalue weighted by molar-refractivity contribution is 0.326. The second-order valence-electron chi connectivity index (χ2n) is 7.51. The molecule has 8 heteroatoms. The number of ether oxygens (including phenoxy) is 2. The molecule has 0 fully saturated rings. The van der Waals surface area contributed by atoms with Crippen molar-refractivity contribution in [3.8, 4) is 22.6 Å². The first kappa shape index (κ1) is 19.0. The number of rotatable bonds is 4. The number of fused-ring (bicyclic) bond motifs is 2. The van der Waals surface area contributed by atoms with Gasteiger partial charge < -0.3 is 9.47 Å². The van der Waals surface area contributed by atoms with E-state index in [2.05, 4.69) is 51.4 Å². The van der Waals surface area contributed by atoms with E-state index in [1.165, 1.54) is 10.5 Å². The molecule has 0 bridgehead atoms. The van der Waals surface area contributed by atoms with Crippen molar-refractivity contribution in [2.75, 3.05) is 24.6 Å². The van der Waals surface area contributed by atoms with Crippen molar-refractivity contribution in [3.63, 3.8) is 0 Å². The zero-order chi connectivity index (χ0) is 20.7. The van der Waals surface area contributed by atoms with Gasteiger partial charge in [0.15, 0.2) is 0 Å². The second-order valence-corrected chi connectivity index (χ2v) is 8.63. The molecular formula is C22H23N5O2S. The first-order valence-electron chi connectivity index (χ1n) is 9.98. The molecule has 2 aliphatic rings. The van der Waals surface area contributed by atoms with Crippen LogP contribution in [0.4, 0.5) is 5.95 Å². The van der Waals surface area contributed by atoms with Crippen molar-refractivity contribution in [2.24, 2.45) is 0 Å². The van der Waals surface area contributed by atoms with Gasteiger partial charge in [0.25, 0.3) is 0 Å². The second kappa shape index (κ2) is 7.68. The summed E-state index contributed by atoms with van der Waals surface area (Å²) in [6, 6.07) is 8.44. The van der Waals surface area contributed by atoms with Crippen LogP contribution < -0.4 is 13.8 Å². The zero-order valence-corrected chi connectivity index (χ0v) is 18.0. The smallest absolute Gasteiger partial charge is 0.234 e. The van der Waals surface area contributed by atoms with E-state index in [9.17, 15) is 0 Å². The van der Waals surface area contributed by atoms with Gasteiger partial charge in [-0.05, 0) is 55.1 Å². The summed E-state index contributed by atoms with van der Waals surface area (Å²) in [6.45, 7) is 5.66. The molecule has 30 heavy (non-hydrogen) atoms. The predicted octanol–water partition coefficient (Wildman–Crippen LogP) is 4.59. The van der Waals surface area contributed by atoms with Crippen LogP contribution in [0.25, 0.3) is 16.7 Å². The third kappa shape index (κ3) is 3.21. The summed E-state index contributed by atoms with van der Waals surface area (Å²) in [5.41, 5.74) is 4.44. The van der Waals surface area contributed by atoms with Gasteiger partial charge in [-0.3, -0.25) is 9.29 Å². The van der Waals surface area contributed by atoms with Crippen molar-refractivity contribution >= 4 is 23.5 Å². The van der Waals surface area contributed by atoms with E-state index >= 15 is 0 Å². The predicted molar refractivity (Wildman–Crippen MR) is 119 cm³/mol. The number of aromatic nitrogens is 4. The number of hydrogen-bond donors (Lipinski definition) is 0. The minimum absolute atomic E-state index is 0.253. The highest BCUT2D eigenvalue weighted by atomic mass is 32.2. The van der Waals surface area contributed by atoms with Gasteiger partial charge in [0.1, 0.15) is 17.8 Å². The molecule has 2 aliphatic heterocycles. The Kier molecular flexibility index (Phi) is 4.86. The Hall–Kier alpha value is -3.00. The molecule has 0 spiro atoms. The molecule has 1 aromatic carbocycles. The van der Waals surface area contributed by atoms with E-state index in [1.807, 2.05) is 16.9 Å².